The fourth-order valence-electron chi connectivity index (χ4n) is 3.61. The van der Waals surface area contributed by atoms with Crippen LogP contribution in [0.4, 0.5) is 14.9 Å². The standard InChI is InChI=1S/C27H23FIN3O5/c1-16-7-9-19(10-8-16)30-24(33)15-37-25-21(29)11-17(13-23(25)36-2)12-22-26(34)32(27(35)31-22)14-18-5-3-4-6-20(18)28/h3-13H,14-15H2,1-2H3,(H,30,33)(H,31,35)/b22-12+. The number of hydrogen-bond acceptors (Lipinski definition) is 5. The van der Waals surface area contributed by atoms with Crippen LogP contribution in [0.5, 0.6) is 11.5 Å². The van der Waals surface area contributed by atoms with E-state index in [1.165, 1.54) is 31.4 Å². The van der Waals surface area contributed by atoms with Crippen LogP contribution in [0.25, 0.3) is 6.08 Å². The topological polar surface area (TPSA) is 97.0 Å². The maximum absolute atomic E-state index is 14.0. The highest BCUT2D eigenvalue weighted by Gasteiger charge is 2.34. The predicted octanol–water partition coefficient (Wildman–Crippen LogP) is 4.86. The molecule has 1 aliphatic heterocycles. The summed E-state index contributed by atoms with van der Waals surface area (Å²) in [6, 6.07) is 16.1. The average Bonchev–Trinajstić information content (AvgIpc) is 3.13. The van der Waals surface area contributed by atoms with Crippen molar-refractivity contribution in [3.05, 3.63) is 92.4 Å². The number of halogens is 2. The van der Waals surface area contributed by atoms with Crippen LogP contribution in [-0.4, -0.2) is 36.5 Å². The number of imide groups is 1. The van der Waals surface area contributed by atoms with E-state index in [2.05, 4.69) is 10.6 Å². The van der Waals surface area contributed by atoms with Crippen molar-refractivity contribution in [1.29, 1.82) is 0 Å². The Balaban J connectivity index is 1.47. The van der Waals surface area contributed by atoms with Gasteiger partial charge in [-0.15, -0.1) is 0 Å². The molecule has 190 valence electrons. The Kier molecular flexibility index (Phi) is 8.07. The Morgan fingerprint density at radius 2 is 1.86 bits per heavy atom. The van der Waals surface area contributed by atoms with Gasteiger partial charge in [-0.25, -0.2) is 9.18 Å². The number of carbonyl (C=O) groups is 3. The van der Waals surface area contributed by atoms with E-state index in [9.17, 15) is 18.8 Å². The summed E-state index contributed by atoms with van der Waals surface area (Å²) in [5, 5.41) is 5.30. The number of aryl methyl sites for hydroxylation is 1. The van der Waals surface area contributed by atoms with E-state index >= 15 is 0 Å². The third kappa shape index (κ3) is 6.26. The van der Waals surface area contributed by atoms with Gasteiger partial charge in [-0.05, 0) is 71.5 Å². The first-order chi connectivity index (χ1) is 17.7. The Labute approximate surface area is 226 Å². The average molecular weight is 615 g/mol. The van der Waals surface area contributed by atoms with E-state index < -0.39 is 17.8 Å². The first-order valence-corrected chi connectivity index (χ1v) is 12.3. The molecule has 10 heteroatoms. The second-order valence-electron chi connectivity index (χ2n) is 8.21. The van der Waals surface area contributed by atoms with Crippen molar-refractivity contribution in [2.75, 3.05) is 19.0 Å². The Hall–Kier alpha value is -3.93. The molecule has 0 atom stereocenters. The molecular formula is C27H23FIN3O5. The van der Waals surface area contributed by atoms with Crippen molar-refractivity contribution in [3.8, 4) is 11.5 Å². The fourth-order valence-corrected chi connectivity index (χ4v) is 4.39. The number of anilines is 1. The van der Waals surface area contributed by atoms with Gasteiger partial charge in [0.05, 0.1) is 17.2 Å². The van der Waals surface area contributed by atoms with Crippen LogP contribution >= 0.6 is 22.6 Å². The number of benzene rings is 3. The van der Waals surface area contributed by atoms with Gasteiger partial charge in [0.1, 0.15) is 11.5 Å². The highest BCUT2D eigenvalue weighted by molar-refractivity contribution is 14.1. The molecular weight excluding hydrogens is 592 g/mol. The quantitative estimate of drug-likeness (QED) is 0.215. The highest BCUT2D eigenvalue weighted by atomic mass is 127. The maximum Gasteiger partial charge on any atom is 0.329 e. The smallest absolute Gasteiger partial charge is 0.329 e. The molecule has 1 aliphatic rings. The Bertz CT molecular complexity index is 1390. The molecule has 8 nitrogen and oxygen atoms in total. The van der Waals surface area contributed by atoms with Crippen LogP contribution in [0.1, 0.15) is 16.7 Å². The van der Waals surface area contributed by atoms with Gasteiger partial charge in [0.15, 0.2) is 18.1 Å². The molecule has 1 fully saturated rings. The van der Waals surface area contributed by atoms with Crippen molar-refractivity contribution >= 4 is 52.2 Å². The zero-order valence-electron chi connectivity index (χ0n) is 20.0. The summed E-state index contributed by atoms with van der Waals surface area (Å²) < 4.78 is 25.8. The second kappa shape index (κ2) is 11.4. The molecule has 0 aliphatic carbocycles. The number of carbonyl (C=O) groups excluding carboxylic acids is 3. The molecule has 1 heterocycles. The molecule has 1 saturated heterocycles. The molecule has 0 saturated carbocycles. The molecule has 0 bridgehead atoms. The number of methoxy groups -OCH3 is 1. The minimum Gasteiger partial charge on any atom is -0.493 e. The van der Waals surface area contributed by atoms with Gasteiger partial charge in [-0.2, -0.15) is 0 Å². The molecule has 37 heavy (non-hydrogen) atoms. The molecule has 3 aromatic carbocycles. The van der Waals surface area contributed by atoms with Gasteiger partial charge in [0, 0.05) is 11.3 Å². The van der Waals surface area contributed by atoms with Crippen LogP contribution < -0.4 is 20.1 Å². The van der Waals surface area contributed by atoms with E-state index in [0.29, 0.717) is 26.3 Å². The third-order valence-electron chi connectivity index (χ3n) is 5.49. The van der Waals surface area contributed by atoms with Gasteiger partial charge in [0.25, 0.3) is 11.8 Å². The summed E-state index contributed by atoms with van der Waals surface area (Å²) in [5.74, 6) is -0.686. The number of nitrogens with one attached hydrogen (secondary N) is 2. The molecule has 0 radical (unpaired) electrons. The lowest BCUT2D eigenvalue weighted by atomic mass is 10.1. The normalized spacial score (nSPS) is 14.1. The van der Waals surface area contributed by atoms with E-state index in [-0.39, 0.29) is 30.3 Å². The van der Waals surface area contributed by atoms with Crippen LogP contribution in [0.15, 0.2) is 66.4 Å². The molecule has 2 N–H and O–H groups in total. The Morgan fingerprint density at radius 3 is 2.57 bits per heavy atom. The van der Waals surface area contributed by atoms with Gasteiger partial charge in [0.2, 0.25) is 0 Å². The summed E-state index contributed by atoms with van der Waals surface area (Å²) in [6.45, 7) is 1.54. The fraction of sp³-hybridized carbons (Fsp3) is 0.148. The number of urea groups is 1. The molecule has 4 rings (SSSR count). The van der Waals surface area contributed by atoms with Gasteiger partial charge in [-0.3, -0.25) is 14.5 Å². The van der Waals surface area contributed by atoms with Crippen LogP contribution in [0, 0.1) is 16.3 Å². The van der Waals surface area contributed by atoms with E-state index in [1.54, 1.807) is 30.3 Å². The lowest BCUT2D eigenvalue weighted by Gasteiger charge is -2.14. The first kappa shape index (κ1) is 26.1. The molecule has 0 spiro atoms. The van der Waals surface area contributed by atoms with Crippen molar-refractivity contribution in [2.45, 2.75) is 13.5 Å². The van der Waals surface area contributed by atoms with E-state index in [0.717, 1.165) is 10.5 Å². The molecule has 3 aromatic rings. The summed E-state index contributed by atoms with van der Waals surface area (Å²) in [7, 11) is 1.46. The van der Waals surface area contributed by atoms with Crippen molar-refractivity contribution < 1.29 is 28.2 Å². The lowest BCUT2D eigenvalue weighted by Crippen LogP contribution is -2.30. The van der Waals surface area contributed by atoms with Gasteiger partial charge in [-0.1, -0.05) is 35.9 Å². The second-order valence-corrected chi connectivity index (χ2v) is 9.37. The number of amides is 4. The van der Waals surface area contributed by atoms with Gasteiger partial charge < -0.3 is 20.1 Å². The Morgan fingerprint density at radius 1 is 1.14 bits per heavy atom. The van der Waals surface area contributed by atoms with Crippen molar-refractivity contribution in [2.24, 2.45) is 0 Å². The minimum absolute atomic E-state index is 0.0466. The predicted molar refractivity (Wildman–Crippen MR) is 144 cm³/mol. The summed E-state index contributed by atoms with van der Waals surface area (Å²) in [5.41, 5.74) is 2.59. The largest absolute Gasteiger partial charge is 0.493 e. The molecule has 0 unspecified atom stereocenters. The first-order valence-electron chi connectivity index (χ1n) is 11.2. The van der Waals surface area contributed by atoms with E-state index in [1.807, 2.05) is 41.6 Å². The maximum atomic E-state index is 14.0. The summed E-state index contributed by atoms with van der Waals surface area (Å²) in [4.78, 5) is 38.5. The number of rotatable bonds is 8. The zero-order chi connectivity index (χ0) is 26.5. The zero-order valence-corrected chi connectivity index (χ0v) is 22.2. The van der Waals surface area contributed by atoms with Crippen molar-refractivity contribution in [1.82, 2.24) is 10.2 Å². The number of nitrogens with zero attached hydrogens (tertiary/aromatic N) is 1. The molecule has 0 aromatic heterocycles. The highest BCUT2D eigenvalue weighted by Crippen LogP contribution is 2.35. The van der Waals surface area contributed by atoms with Gasteiger partial charge >= 0.3 is 6.03 Å². The van der Waals surface area contributed by atoms with Crippen LogP contribution in [0.2, 0.25) is 0 Å². The van der Waals surface area contributed by atoms with Crippen molar-refractivity contribution in [3.63, 3.8) is 0 Å². The number of ether oxygens (including phenoxy) is 2. The lowest BCUT2D eigenvalue weighted by molar-refractivity contribution is -0.123. The minimum atomic E-state index is -0.638. The molecule has 4 amide bonds. The SMILES string of the molecule is COc1cc(/C=C2/NC(=O)N(Cc3ccccc3F)C2=O)cc(I)c1OCC(=O)Nc1ccc(C)cc1. The third-order valence-corrected chi connectivity index (χ3v) is 6.30. The monoisotopic (exact) mass is 615 g/mol. The van der Waals surface area contributed by atoms with E-state index in [4.69, 9.17) is 9.47 Å². The number of hydrogen-bond donors (Lipinski definition) is 2. The summed E-state index contributed by atoms with van der Waals surface area (Å²) >= 11 is 2.04. The summed E-state index contributed by atoms with van der Waals surface area (Å²) in [6.07, 6.45) is 1.50. The van der Waals surface area contributed by atoms with Crippen LogP contribution in [-0.2, 0) is 16.1 Å². The van der Waals surface area contributed by atoms with Crippen LogP contribution in [0.3, 0.4) is 0 Å².